The van der Waals surface area contributed by atoms with Gasteiger partial charge in [0.05, 0.1) is 19.8 Å². The molecule has 0 spiro atoms. The predicted molar refractivity (Wildman–Crippen MR) is 187 cm³/mol. The van der Waals surface area contributed by atoms with Gasteiger partial charge in [0.15, 0.2) is 6.29 Å². The van der Waals surface area contributed by atoms with Crippen LogP contribution in [-0.4, -0.2) is 89.6 Å². The summed E-state index contributed by atoms with van der Waals surface area (Å²) in [5.74, 6) is -0.324. The fourth-order valence-electron chi connectivity index (χ4n) is 5.85. The third-order valence-corrected chi connectivity index (χ3v) is 8.91. The summed E-state index contributed by atoms with van der Waals surface area (Å²) >= 11 is 0. The van der Waals surface area contributed by atoms with E-state index in [2.05, 4.69) is 26.0 Å². The third-order valence-electron chi connectivity index (χ3n) is 8.91. The molecule has 0 radical (unpaired) electrons. The van der Waals surface area contributed by atoms with E-state index in [4.69, 9.17) is 18.9 Å². The van der Waals surface area contributed by atoms with E-state index in [1.165, 1.54) is 89.9 Å². The van der Waals surface area contributed by atoms with E-state index < -0.39 is 43.4 Å². The van der Waals surface area contributed by atoms with E-state index in [1.807, 2.05) is 0 Å². The van der Waals surface area contributed by atoms with Gasteiger partial charge in [0.25, 0.3) is 0 Å². The van der Waals surface area contributed by atoms with Crippen LogP contribution in [0.15, 0.2) is 12.2 Å². The Hall–Kier alpha value is -1.07. The fourth-order valence-corrected chi connectivity index (χ4v) is 5.85. The van der Waals surface area contributed by atoms with Gasteiger partial charge in [-0.25, -0.2) is 0 Å². The van der Waals surface area contributed by atoms with E-state index in [0.717, 1.165) is 51.4 Å². The molecule has 278 valence electrons. The molecular weight excluding hydrogens is 600 g/mol. The van der Waals surface area contributed by atoms with Crippen molar-refractivity contribution in [1.82, 2.24) is 0 Å². The Balaban J connectivity index is 2.31. The zero-order valence-electron chi connectivity index (χ0n) is 30.0. The first-order valence-electron chi connectivity index (χ1n) is 19.3. The van der Waals surface area contributed by atoms with Crippen molar-refractivity contribution in [1.29, 1.82) is 0 Å². The van der Waals surface area contributed by atoms with Gasteiger partial charge < -0.3 is 39.4 Å². The number of hydrogen-bond donors (Lipinski definition) is 4. The molecule has 1 rings (SSSR count). The van der Waals surface area contributed by atoms with Crippen molar-refractivity contribution >= 4 is 5.97 Å². The van der Waals surface area contributed by atoms with Crippen molar-refractivity contribution in [2.24, 2.45) is 0 Å². The second kappa shape index (κ2) is 30.9. The minimum atomic E-state index is -1.53. The first-order chi connectivity index (χ1) is 22.9. The molecule has 6 atom stereocenters. The second-order valence-electron chi connectivity index (χ2n) is 13.4. The molecule has 1 heterocycles. The average molecular weight is 673 g/mol. The smallest absolute Gasteiger partial charge is 0.306 e. The maximum absolute atomic E-state index is 12.6. The Morgan fingerprint density at radius 2 is 1.21 bits per heavy atom. The lowest BCUT2D eigenvalue weighted by Crippen LogP contribution is -2.59. The number of allylic oxidation sites excluding steroid dienone is 2. The SMILES string of the molecule is CCC/C=C\CCCCCCCC(=O)OC(COCCCCCCCCCCCCCCCC)COC1OC(CO)C(O)C(O)C1O. The number of aliphatic hydroxyl groups is 4. The van der Waals surface area contributed by atoms with Crippen molar-refractivity contribution in [3.8, 4) is 0 Å². The zero-order chi connectivity index (χ0) is 34.4. The molecule has 1 aliphatic rings. The molecule has 0 bridgehead atoms. The van der Waals surface area contributed by atoms with Gasteiger partial charge in [0.2, 0.25) is 0 Å². The Bertz CT molecular complexity index is 732. The summed E-state index contributed by atoms with van der Waals surface area (Å²) in [5.41, 5.74) is 0. The van der Waals surface area contributed by atoms with Crippen molar-refractivity contribution in [2.75, 3.05) is 26.4 Å². The quantitative estimate of drug-likeness (QED) is 0.0330. The van der Waals surface area contributed by atoms with E-state index in [1.54, 1.807) is 0 Å². The lowest BCUT2D eigenvalue weighted by atomic mass is 9.99. The molecule has 9 nitrogen and oxygen atoms in total. The minimum absolute atomic E-state index is 0.112. The molecule has 0 aromatic rings. The zero-order valence-corrected chi connectivity index (χ0v) is 30.0. The predicted octanol–water partition coefficient (Wildman–Crippen LogP) is 7.30. The van der Waals surface area contributed by atoms with Crippen LogP contribution in [0.3, 0.4) is 0 Å². The molecule has 0 aromatic carbocycles. The highest BCUT2D eigenvalue weighted by atomic mass is 16.7. The van der Waals surface area contributed by atoms with E-state index in [9.17, 15) is 25.2 Å². The standard InChI is InChI=1S/C38H72O9/c1-3-5-7-9-11-13-15-16-17-18-20-22-24-26-28-44-30-32(31-45-38-37(43)36(42)35(41)33(29-39)47-38)46-34(40)27-25-23-21-19-14-12-10-8-6-4-2/h8,10,32-33,35-39,41-43H,3-7,9,11-31H2,1-2H3/b10-8-. The van der Waals surface area contributed by atoms with Gasteiger partial charge in [-0.1, -0.05) is 135 Å². The molecule has 0 saturated carbocycles. The normalized spacial score (nSPS) is 22.2. The number of carbonyl (C=O) groups is 1. The fraction of sp³-hybridized carbons (Fsp3) is 0.921. The summed E-state index contributed by atoms with van der Waals surface area (Å²) in [7, 11) is 0. The lowest BCUT2D eigenvalue weighted by molar-refractivity contribution is -0.305. The van der Waals surface area contributed by atoms with E-state index in [-0.39, 0.29) is 19.2 Å². The Labute approximate surface area is 286 Å². The highest BCUT2D eigenvalue weighted by Crippen LogP contribution is 2.22. The molecule has 9 heteroatoms. The van der Waals surface area contributed by atoms with E-state index >= 15 is 0 Å². The lowest BCUT2D eigenvalue weighted by Gasteiger charge is -2.39. The average Bonchev–Trinajstić information content (AvgIpc) is 3.07. The van der Waals surface area contributed by atoms with Crippen molar-refractivity contribution in [3.63, 3.8) is 0 Å². The van der Waals surface area contributed by atoms with Gasteiger partial charge >= 0.3 is 5.97 Å². The molecule has 47 heavy (non-hydrogen) atoms. The third kappa shape index (κ3) is 23.1. The van der Waals surface area contributed by atoms with Crippen LogP contribution < -0.4 is 0 Å². The minimum Gasteiger partial charge on any atom is -0.457 e. The number of carbonyl (C=O) groups excluding carboxylic acids is 1. The molecule has 1 fully saturated rings. The summed E-state index contributed by atoms with van der Waals surface area (Å²) in [6.07, 6.45) is 23.8. The highest BCUT2D eigenvalue weighted by Gasteiger charge is 2.44. The summed E-state index contributed by atoms with van der Waals surface area (Å²) in [5, 5.41) is 39.9. The van der Waals surface area contributed by atoms with E-state index in [0.29, 0.717) is 13.0 Å². The van der Waals surface area contributed by atoms with Crippen LogP contribution in [0.4, 0.5) is 0 Å². The van der Waals surface area contributed by atoms with Crippen molar-refractivity contribution < 1.29 is 44.2 Å². The summed E-state index contributed by atoms with van der Waals surface area (Å²) in [6.45, 7) is 4.49. The number of hydrogen-bond acceptors (Lipinski definition) is 9. The largest absolute Gasteiger partial charge is 0.457 e. The maximum atomic E-state index is 12.6. The number of rotatable bonds is 32. The molecule has 0 aromatic heterocycles. The van der Waals surface area contributed by atoms with Crippen LogP contribution in [0.5, 0.6) is 0 Å². The number of unbranched alkanes of at least 4 members (excludes halogenated alkanes) is 19. The number of ether oxygens (including phenoxy) is 4. The van der Waals surface area contributed by atoms with Crippen LogP contribution in [0.2, 0.25) is 0 Å². The van der Waals surface area contributed by atoms with Crippen LogP contribution in [0.1, 0.15) is 162 Å². The number of aliphatic hydroxyl groups excluding tert-OH is 4. The monoisotopic (exact) mass is 673 g/mol. The van der Waals surface area contributed by atoms with Crippen molar-refractivity contribution in [3.05, 3.63) is 12.2 Å². The Morgan fingerprint density at radius 1 is 0.660 bits per heavy atom. The van der Waals surface area contributed by atoms with Crippen LogP contribution in [0.25, 0.3) is 0 Å². The first kappa shape index (κ1) is 44.0. The number of esters is 1. The molecule has 0 amide bonds. The van der Waals surface area contributed by atoms with Gasteiger partial charge in [0, 0.05) is 13.0 Å². The summed E-state index contributed by atoms with van der Waals surface area (Å²) < 4.78 is 22.7. The van der Waals surface area contributed by atoms with Gasteiger partial charge in [-0.3, -0.25) is 4.79 Å². The molecule has 1 aliphatic heterocycles. The van der Waals surface area contributed by atoms with Gasteiger partial charge in [-0.2, -0.15) is 0 Å². The van der Waals surface area contributed by atoms with Gasteiger partial charge in [0.1, 0.15) is 30.5 Å². The van der Waals surface area contributed by atoms with Gasteiger partial charge in [-0.15, -0.1) is 0 Å². The maximum Gasteiger partial charge on any atom is 0.306 e. The molecule has 0 aliphatic carbocycles. The van der Waals surface area contributed by atoms with Gasteiger partial charge in [-0.05, 0) is 32.1 Å². The molecule has 6 unspecified atom stereocenters. The summed E-state index contributed by atoms with van der Waals surface area (Å²) in [6, 6.07) is 0. The van der Waals surface area contributed by atoms with Crippen LogP contribution in [0, 0.1) is 0 Å². The first-order valence-corrected chi connectivity index (χ1v) is 19.3. The second-order valence-corrected chi connectivity index (χ2v) is 13.4. The van der Waals surface area contributed by atoms with Crippen molar-refractivity contribution in [2.45, 2.75) is 198 Å². The Morgan fingerprint density at radius 3 is 1.81 bits per heavy atom. The highest BCUT2D eigenvalue weighted by molar-refractivity contribution is 5.69. The molecule has 4 N–H and O–H groups in total. The Kier molecular flexibility index (Phi) is 28.9. The van der Waals surface area contributed by atoms with Crippen LogP contribution >= 0.6 is 0 Å². The topological polar surface area (TPSA) is 135 Å². The summed E-state index contributed by atoms with van der Waals surface area (Å²) in [4.78, 5) is 12.6. The molecule has 1 saturated heterocycles. The van der Waals surface area contributed by atoms with Crippen LogP contribution in [-0.2, 0) is 23.7 Å². The molecular formula is C38H72O9.